The minimum atomic E-state index is -0.575. The molecule has 17 heavy (non-hydrogen) atoms. The number of rotatable bonds is 3. The summed E-state index contributed by atoms with van der Waals surface area (Å²) < 4.78 is 6.16. The fraction of sp³-hybridized carbons (Fsp3) is 0.300. The summed E-state index contributed by atoms with van der Waals surface area (Å²) in [7, 11) is 1.25. The number of aromatic nitrogens is 3. The molecular formula is C10H11N3O4. The van der Waals surface area contributed by atoms with Crippen LogP contribution < -0.4 is 5.56 Å². The maximum atomic E-state index is 11.5. The number of fused-ring (bicyclic) bond motifs is 1. The molecule has 0 amide bonds. The maximum absolute atomic E-state index is 11.5. The Morgan fingerprint density at radius 3 is 3.00 bits per heavy atom. The normalized spacial score (nSPS) is 10.7. The van der Waals surface area contributed by atoms with Crippen molar-refractivity contribution in [3.63, 3.8) is 0 Å². The Morgan fingerprint density at radius 1 is 1.59 bits per heavy atom. The lowest BCUT2D eigenvalue weighted by Gasteiger charge is -2.10. The maximum Gasteiger partial charge on any atom is 0.341 e. The number of nitrogens with zero attached hydrogens (tertiary/aromatic N) is 2. The topological polar surface area (TPSA) is 97.2 Å². The monoisotopic (exact) mass is 237 g/mol. The second-order valence-corrected chi connectivity index (χ2v) is 3.44. The number of hydrogen-bond donors (Lipinski definition) is 2. The summed E-state index contributed by atoms with van der Waals surface area (Å²) in [6, 6.07) is 0. The van der Waals surface area contributed by atoms with Crippen LogP contribution >= 0.6 is 0 Å². The SMILES string of the molecule is COC(=O)c1cn(CCO)cc2c(=O)[nH]nc1-2. The molecule has 0 aliphatic carbocycles. The minimum Gasteiger partial charge on any atom is -0.465 e. The molecule has 2 N–H and O–H groups in total. The molecule has 2 rings (SSSR count). The van der Waals surface area contributed by atoms with Gasteiger partial charge in [0.25, 0.3) is 5.56 Å². The van der Waals surface area contributed by atoms with Gasteiger partial charge in [0, 0.05) is 18.9 Å². The number of pyridine rings is 1. The third-order valence-electron chi connectivity index (χ3n) is 2.38. The number of nitrogens with one attached hydrogen (secondary N) is 1. The lowest BCUT2D eigenvalue weighted by Crippen LogP contribution is -2.13. The van der Waals surface area contributed by atoms with Crippen LogP contribution in [0.15, 0.2) is 17.2 Å². The zero-order valence-corrected chi connectivity index (χ0v) is 9.14. The molecule has 0 aromatic rings. The van der Waals surface area contributed by atoms with E-state index in [-0.39, 0.29) is 30.0 Å². The van der Waals surface area contributed by atoms with Crippen molar-refractivity contribution in [2.24, 2.45) is 0 Å². The summed E-state index contributed by atoms with van der Waals surface area (Å²) in [4.78, 5) is 23.0. The van der Waals surface area contributed by atoms with Gasteiger partial charge in [0.1, 0.15) is 11.3 Å². The first-order valence-corrected chi connectivity index (χ1v) is 4.94. The summed E-state index contributed by atoms with van der Waals surface area (Å²) in [5.74, 6) is -0.575. The summed E-state index contributed by atoms with van der Waals surface area (Å²) in [6.45, 7) is 0.188. The predicted molar refractivity (Wildman–Crippen MR) is 57.9 cm³/mol. The number of H-pyrrole nitrogens is 1. The minimum absolute atomic E-state index is 0.0944. The van der Waals surface area contributed by atoms with E-state index in [0.29, 0.717) is 5.56 Å². The van der Waals surface area contributed by atoms with Crippen LogP contribution in [0.25, 0.3) is 11.3 Å². The van der Waals surface area contributed by atoms with Crippen LogP contribution in [0.1, 0.15) is 10.4 Å². The molecule has 7 nitrogen and oxygen atoms in total. The molecule has 2 heterocycles. The first kappa shape index (κ1) is 11.3. The van der Waals surface area contributed by atoms with Crippen molar-refractivity contribution >= 4 is 5.97 Å². The molecule has 0 fully saturated rings. The second kappa shape index (κ2) is 4.38. The van der Waals surface area contributed by atoms with Gasteiger partial charge in [-0.3, -0.25) is 4.79 Å². The van der Waals surface area contributed by atoms with Crippen LogP contribution in [-0.2, 0) is 11.3 Å². The molecule has 90 valence electrons. The number of esters is 1. The molecular weight excluding hydrogens is 226 g/mol. The molecule has 2 aliphatic rings. The lowest BCUT2D eigenvalue weighted by atomic mass is 10.1. The van der Waals surface area contributed by atoms with Crippen LogP contribution in [0.5, 0.6) is 0 Å². The van der Waals surface area contributed by atoms with Crippen molar-refractivity contribution < 1.29 is 14.6 Å². The largest absolute Gasteiger partial charge is 0.465 e. The van der Waals surface area contributed by atoms with Crippen molar-refractivity contribution in [2.75, 3.05) is 13.7 Å². The van der Waals surface area contributed by atoms with Gasteiger partial charge in [0.15, 0.2) is 0 Å². The zero-order valence-electron chi connectivity index (χ0n) is 9.14. The molecule has 0 saturated heterocycles. The first-order valence-electron chi connectivity index (χ1n) is 4.94. The van der Waals surface area contributed by atoms with E-state index in [1.54, 1.807) is 4.57 Å². The Kier molecular flexibility index (Phi) is 2.92. The second-order valence-electron chi connectivity index (χ2n) is 3.44. The number of aliphatic hydroxyl groups excluding tert-OH is 1. The van der Waals surface area contributed by atoms with Crippen molar-refractivity contribution in [1.82, 2.24) is 14.8 Å². The van der Waals surface area contributed by atoms with E-state index in [4.69, 9.17) is 5.11 Å². The molecule has 0 atom stereocenters. The van der Waals surface area contributed by atoms with Gasteiger partial charge in [-0.25, -0.2) is 9.89 Å². The van der Waals surface area contributed by atoms with E-state index >= 15 is 0 Å². The van der Waals surface area contributed by atoms with Gasteiger partial charge in [-0.15, -0.1) is 0 Å². The Morgan fingerprint density at radius 2 is 2.35 bits per heavy atom. The van der Waals surface area contributed by atoms with Gasteiger partial charge in [-0.1, -0.05) is 0 Å². The van der Waals surface area contributed by atoms with Gasteiger partial charge < -0.3 is 14.4 Å². The fourth-order valence-corrected chi connectivity index (χ4v) is 1.59. The number of carbonyl (C=O) groups is 1. The zero-order chi connectivity index (χ0) is 12.4. The Balaban J connectivity index is 2.64. The molecule has 0 aromatic heterocycles. The Labute approximate surface area is 96.0 Å². The quantitative estimate of drug-likeness (QED) is 0.698. The number of aliphatic hydroxyl groups is 1. The van der Waals surface area contributed by atoms with Crippen molar-refractivity contribution in [3.8, 4) is 11.3 Å². The fourth-order valence-electron chi connectivity index (χ4n) is 1.59. The molecule has 0 saturated carbocycles. The molecule has 0 aromatic carbocycles. The van der Waals surface area contributed by atoms with E-state index in [2.05, 4.69) is 14.9 Å². The molecule has 2 aliphatic heterocycles. The number of ether oxygens (including phenoxy) is 1. The molecule has 0 spiro atoms. The predicted octanol–water partition coefficient (Wildman–Crippen LogP) is -0.545. The van der Waals surface area contributed by atoms with Crippen LogP contribution in [-0.4, -0.2) is 39.6 Å². The third-order valence-corrected chi connectivity index (χ3v) is 2.38. The van der Waals surface area contributed by atoms with Gasteiger partial charge >= 0.3 is 5.97 Å². The van der Waals surface area contributed by atoms with Crippen molar-refractivity contribution in [3.05, 3.63) is 28.3 Å². The van der Waals surface area contributed by atoms with E-state index in [1.165, 1.54) is 19.5 Å². The van der Waals surface area contributed by atoms with E-state index in [1.807, 2.05) is 0 Å². The average Bonchev–Trinajstić information content (AvgIpc) is 2.70. The lowest BCUT2D eigenvalue weighted by molar-refractivity contribution is 0.0600. The molecule has 7 heteroatoms. The highest BCUT2D eigenvalue weighted by Crippen LogP contribution is 2.20. The van der Waals surface area contributed by atoms with Crippen LogP contribution in [0.4, 0.5) is 0 Å². The van der Waals surface area contributed by atoms with E-state index < -0.39 is 5.97 Å². The molecule has 0 radical (unpaired) electrons. The van der Waals surface area contributed by atoms with Crippen LogP contribution in [0.3, 0.4) is 0 Å². The number of aromatic amines is 1. The molecule has 0 bridgehead atoms. The Bertz CT molecular complexity index is 572. The summed E-state index contributed by atoms with van der Waals surface area (Å²) in [5.41, 5.74) is 0.381. The Hall–Kier alpha value is -2.15. The van der Waals surface area contributed by atoms with Crippen LogP contribution in [0.2, 0.25) is 0 Å². The number of carbonyl (C=O) groups excluding carboxylic acids is 1. The number of methoxy groups -OCH3 is 1. The summed E-state index contributed by atoms with van der Waals surface area (Å²) in [5, 5.41) is 14.9. The molecule has 0 unspecified atom stereocenters. The van der Waals surface area contributed by atoms with Gasteiger partial charge in [0.05, 0.1) is 19.3 Å². The third kappa shape index (κ3) is 1.92. The van der Waals surface area contributed by atoms with Gasteiger partial charge in [-0.2, -0.15) is 5.10 Å². The van der Waals surface area contributed by atoms with Gasteiger partial charge in [0.2, 0.25) is 0 Å². The summed E-state index contributed by atoms with van der Waals surface area (Å²) >= 11 is 0. The highest BCUT2D eigenvalue weighted by atomic mass is 16.5. The van der Waals surface area contributed by atoms with E-state index in [9.17, 15) is 9.59 Å². The number of hydrogen-bond acceptors (Lipinski definition) is 5. The standard InChI is InChI=1S/C10H11N3O4/c1-17-10(16)7-5-13(2-3-14)4-6-8(7)11-12-9(6)15/h4-5,14H,2-3H2,1H3,(H,12,15). The van der Waals surface area contributed by atoms with Gasteiger partial charge in [-0.05, 0) is 0 Å². The summed E-state index contributed by atoms with van der Waals surface area (Å²) in [6.07, 6.45) is 3.02. The first-order chi connectivity index (χ1) is 8.17. The van der Waals surface area contributed by atoms with Crippen molar-refractivity contribution in [2.45, 2.75) is 6.54 Å². The average molecular weight is 237 g/mol. The van der Waals surface area contributed by atoms with E-state index in [0.717, 1.165) is 0 Å². The van der Waals surface area contributed by atoms with Crippen LogP contribution in [0, 0.1) is 0 Å². The highest BCUT2D eigenvalue weighted by molar-refractivity contribution is 5.95. The highest BCUT2D eigenvalue weighted by Gasteiger charge is 2.21. The smallest absolute Gasteiger partial charge is 0.341 e. The van der Waals surface area contributed by atoms with Crippen molar-refractivity contribution in [1.29, 1.82) is 0 Å².